The molecule has 37 heavy (non-hydrogen) atoms. The van der Waals surface area contributed by atoms with Gasteiger partial charge in [-0.2, -0.15) is 15.1 Å². The van der Waals surface area contributed by atoms with Gasteiger partial charge in [0.1, 0.15) is 5.82 Å². The average molecular weight is 541 g/mol. The third-order valence-electron chi connectivity index (χ3n) is 6.76. The number of ether oxygens (including phenoxy) is 5. The Labute approximate surface area is 224 Å². The standard InChI is InChI=1S/C25H41ClN6O5/c1-3-20-5-6-22(37-20)32-24-21(19-27-32)23(28-25(26)29-24)31-9-7-30(8-10-31)11-12-34-15-16-36-18-17-35-14-13-33-4-2/h19-20,22H,3-18H2,1-2H3. The molecule has 0 aromatic carbocycles. The van der Waals surface area contributed by atoms with E-state index in [0.29, 0.717) is 46.2 Å². The Morgan fingerprint density at radius 1 is 0.892 bits per heavy atom. The molecular formula is C25H41ClN6O5. The molecule has 208 valence electrons. The highest BCUT2D eigenvalue weighted by atomic mass is 35.5. The van der Waals surface area contributed by atoms with Gasteiger partial charge in [-0.3, -0.25) is 4.90 Å². The van der Waals surface area contributed by atoms with Gasteiger partial charge in [0.2, 0.25) is 5.28 Å². The van der Waals surface area contributed by atoms with E-state index in [4.69, 9.17) is 35.3 Å². The van der Waals surface area contributed by atoms with Crippen molar-refractivity contribution in [3.63, 3.8) is 0 Å². The maximum Gasteiger partial charge on any atom is 0.226 e. The lowest BCUT2D eigenvalue weighted by molar-refractivity contribution is -0.00403. The van der Waals surface area contributed by atoms with E-state index in [-0.39, 0.29) is 17.6 Å². The van der Waals surface area contributed by atoms with Crippen LogP contribution in [0.5, 0.6) is 0 Å². The van der Waals surface area contributed by atoms with Crippen LogP contribution in [-0.4, -0.2) is 116 Å². The maximum atomic E-state index is 6.35. The molecule has 11 nitrogen and oxygen atoms in total. The molecule has 2 aromatic heterocycles. The van der Waals surface area contributed by atoms with E-state index < -0.39 is 0 Å². The average Bonchev–Trinajstić information content (AvgIpc) is 3.56. The molecule has 2 saturated heterocycles. The summed E-state index contributed by atoms with van der Waals surface area (Å²) in [4.78, 5) is 13.7. The summed E-state index contributed by atoms with van der Waals surface area (Å²) in [6.45, 7) is 13.5. The number of anilines is 1. The highest BCUT2D eigenvalue weighted by Crippen LogP contribution is 2.33. The van der Waals surface area contributed by atoms with Crippen LogP contribution in [-0.2, 0) is 23.7 Å². The van der Waals surface area contributed by atoms with Gasteiger partial charge in [0.15, 0.2) is 11.9 Å². The molecule has 2 aliphatic rings. The fourth-order valence-electron chi connectivity index (χ4n) is 4.68. The Morgan fingerprint density at radius 3 is 2.22 bits per heavy atom. The van der Waals surface area contributed by atoms with Gasteiger partial charge < -0.3 is 28.6 Å². The largest absolute Gasteiger partial charge is 0.379 e. The molecular weight excluding hydrogens is 500 g/mol. The second-order valence-electron chi connectivity index (χ2n) is 9.20. The Kier molecular flexibility index (Phi) is 11.6. The smallest absolute Gasteiger partial charge is 0.226 e. The van der Waals surface area contributed by atoms with Crippen LogP contribution in [0.25, 0.3) is 11.0 Å². The van der Waals surface area contributed by atoms with E-state index >= 15 is 0 Å². The molecule has 2 aliphatic heterocycles. The van der Waals surface area contributed by atoms with Crippen LogP contribution in [0.15, 0.2) is 6.20 Å². The van der Waals surface area contributed by atoms with Crippen molar-refractivity contribution in [2.75, 3.05) is 90.5 Å². The lowest BCUT2D eigenvalue weighted by atomic mass is 10.2. The van der Waals surface area contributed by atoms with E-state index in [1.807, 2.05) is 17.8 Å². The first-order valence-electron chi connectivity index (χ1n) is 13.5. The van der Waals surface area contributed by atoms with E-state index in [0.717, 1.165) is 75.4 Å². The zero-order valence-corrected chi connectivity index (χ0v) is 22.9. The lowest BCUT2D eigenvalue weighted by Gasteiger charge is -2.35. The third kappa shape index (κ3) is 8.19. The number of halogens is 1. The fourth-order valence-corrected chi connectivity index (χ4v) is 4.84. The molecule has 4 heterocycles. The van der Waals surface area contributed by atoms with Crippen LogP contribution < -0.4 is 4.90 Å². The van der Waals surface area contributed by atoms with Crippen molar-refractivity contribution in [1.82, 2.24) is 24.6 Å². The summed E-state index contributed by atoms with van der Waals surface area (Å²) in [7, 11) is 0. The number of rotatable bonds is 16. The molecule has 0 N–H and O–H groups in total. The highest BCUT2D eigenvalue weighted by molar-refractivity contribution is 6.28. The van der Waals surface area contributed by atoms with E-state index in [9.17, 15) is 0 Å². The van der Waals surface area contributed by atoms with Crippen LogP contribution in [0.1, 0.15) is 39.3 Å². The number of nitrogens with zero attached hydrogens (tertiary/aromatic N) is 6. The summed E-state index contributed by atoms with van der Waals surface area (Å²) in [5.74, 6) is 0.848. The quantitative estimate of drug-likeness (QED) is 0.233. The van der Waals surface area contributed by atoms with Crippen molar-refractivity contribution in [3.8, 4) is 0 Å². The molecule has 0 amide bonds. The second kappa shape index (κ2) is 15.1. The molecule has 12 heteroatoms. The van der Waals surface area contributed by atoms with Crippen molar-refractivity contribution >= 4 is 28.5 Å². The predicted molar refractivity (Wildman–Crippen MR) is 141 cm³/mol. The fraction of sp³-hybridized carbons (Fsp3) is 0.800. The molecule has 4 rings (SSSR count). The minimum atomic E-state index is -0.0949. The third-order valence-corrected chi connectivity index (χ3v) is 6.93. The van der Waals surface area contributed by atoms with Gasteiger partial charge in [0.25, 0.3) is 0 Å². The first-order valence-corrected chi connectivity index (χ1v) is 13.9. The monoisotopic (exact) mass is 540 g/mol. The highest BCUT2D eigenvalue weighted by Gasteiger charge is 2.29. The minimum absolute atomic E-state index is 0.0949. The zero-order chi connectivity index (χ0) is 25.9. The zero-order valence-electron chi connectivity index (χ0n) is 22.1. The molecule has 2 atom stereocenters. The van der Waals surface area contributed by atoms with Gasteiger partial charge in [0.05, 0.1) is 63.9 Å². The SMILES string of the molecule is CCOCCOCCOCCOCCN1CCN(c2nc(Cl)nc3c2cnn3C2CCC(CC)O2)CC1. The number of piperazine rings is 1. The van der Waals surface area contributed by atoms with E-state index in [1.165, 1.54) is 0 Å². The van der Waals surface area contributed by atoms with Crippen LogP contribution in [0.2, 0.25) is 5.28 Å². The Bertz CT molecular complexity index is 942. The summed E-state index contributed by atoms with van der Waals surface area (Å²) in [5, 5.41) is 5.77. The van der Waals surface area contributed by atoms with Crippen molar-refractivity contribution in [2.45, 2.75) is 45.4 Å². The molecule has 2 fully saturated rings. The predicted octanol–water partition coefficient (Wildman–Crippen LogP) is 2.78. The van der Waals surface area contributed by atoms with Gasteiger partial charge >= 0.3 is 0 Å². The van der Waals surface area contributed by atoms with Gasteiger partial charge in [-0.05, 0) is 37.8 Å². The summed E-state index contributed by atoms with van der Waals surface area (Å²) in [5.41, 5.74) is 0.742. The molecule has 2 aromatic rings. The van der Waals surface area contributed by atoms with Crippen molar-refractivity contribution < 1.29 is 23.7 Å². The van der Waals surface area contributed by atoms with Crippen LogP contribution in [0, 0.1) is 0 Å². The van der Waals surface area contributed by atoms with Gasteiger partial charge in [-0.15, -0.1) is 0 Å². The Morgan fingerprint density at radius 2 is 1.57 bits per heavy atom. The summed E-state index contributed by atoms with van der Waals surface area (Å²) in [6, 6.07) is 0. The molecule has 0 bridgehead atoms. The van der Waals surface area contributed by atoms with Crippen molar-refractivity contribution in [2.24, 2.45) is 0 Å². The number of hydrogen-bond acceptors (Lipinski definition) is 10. The summed E-state index contributed by atoms with van der Waals surface area (Å²) in [6.07, 6.45) is 5.01. The van der Waals surface area contributed by atoms with Crippen molar-refractivity contribution in [1.29, 1.82) is 0 Å². The summed E-state index contributed by atoms with van der Waals surface area (Å²) >= 11 is 6.35. The maximum absolute atomic E-state index is 6.35. The molecule has 0 radical (unpaired) electrons. The topological polar surface area (TPSA) is 96.2 Å². The Balaban J connectivity index is 1.15. The minimum Gasteiger partial charge on any atom is -0.379 e. The van der Waals surface area contributed by atoms with Gasteiger partial charge in [-0.25, -0.2) is 4.68 Å². The Hall–Kier alpha value is -1.60. The number of aromatic nitrogens is 4. The first kappa shape index (κ1) is 28.4. The number of fused-ring (bicyclic) bond motifs is 1. The van der Waals surface area contributed by atoms with E-state index in [1.54, 1.807) is 0 Å². The number of hydrogen-bond donors (Lipinski definition) is 0. The van der Waals surface area contributed by atoms with Crippen LogP contribution in [0.4, 0.5) is 5.82 Å². The second-order valence-corrected chi connectivity index (χ2v) is 9.54. The molecule has 0 saturated carbocycles. The van der Waals surface area contributed by atoms with Gasteiger partial charge in [0, 0.05) is 39.3 Å². The van der Waals surface area contributed by atoms with E-state index in [2.05, 4.69) is 31.8 Å². The normalized spacial score (nSPS) is 20.9. The molecule has 2 unspecified atom stereocenters. The van der Waals surface area contributed by atoms with Crippen LogP contribution in [0.3, 0.4) is 0 Å². The first-order chi connectivity index (χ1) is 18.2. The van der Waals surface area contributed by atoms with Crippen LogP contribution >= 0.6 is 11.6 Å². The summed E-state index contributed by atoms with van der Waals surface area (Å²) < 4.78 is 29.9. The molecule has 0 spiro atoms. The lowest BCUT2D eigenvalue weighted by Crippen LogP contribution is -2.47. The van der Waals surface area contributed by atoms with Crippen molar-refractivity contribution in [3.05, 3.63) is 11.5 Å². The molecule has 0 aliphatic carbocycles. The van der Waals surface area contributed by atoms with Gasteiger partial charge in [-0.1, -0.05) is 6.92 Å².